The van der Waals surface area contributed by atoms with Crippen LogP contribution in [0.5, 0.6) is 5.75 Å². The zero-order valence-corrected chi connectivity index (χ0v) is 16.7. The van der Waals surface area contributed by atoms with Crippen molar-refractivity contribution in [1.29, 1.82) is 0 Å². The van der Waals surface area contributed by atoms with Crippen LogP contribution in [0.15, 0.2) is 24.3 Å². The summed E-state index contributed by atoms with van der Waals surface area (Å²) >= 11 is 0. The van der Waals surface area contributed by atoms with E-state index < -0.39 is 0 Å². The maximum absolute atomic E-state index is 13.2. The van der Waals surface area contributed by atoms with Gasteiger partial charge in [-0.2, -0.15) is 0 Å². The minimum absolute atomic E-state index is 0.0990. The molecule has 2 saturated heterocycles. The second-order valence-corrected chi connectivity index (χ2v) is 7.61. The van der Waals surface area contributed by atoms with Crippen LogP contribution in [0.1, 0.15) is 43.0 Å². The Morgan fingerprint density at radius 2 is 1.81 bits per heavy atom. The van der Waals surface area contributed by atoms with E-state index in [1.807, 2.05) is 30.0 Å². The monoisotopic (exact) mass is 373 g/mol. The highest BCUT2D eigenvalue weighted by Crippen LogP contribution is 2.27. The molecule has 6 nitrogen and oxygen atoms in total. The number of para-hydroxylation sites is 1. The third kappa shape index (κ3) is 4.26. The minimum atomic E-state index is -0.344. The Bertz CT molecular complexity index is 668. The van der Waals surface area contributed by atoms with E-state index in [1.165, 1.54) is 0 Å². The molecule has 148 valence electrons. The predicted octanol–water partition coefficient (Wildman–Crippen LogP) is 2.24. The number of rotatable bonds is 5. The van der Waals surface area contributed by atoms with Gasteiger partial charge in [-0.25, -0.2) is 0 Å². The highest BCUT2D eigenvalue weighted by Gasteiger charge is 2.38. The summed E-state index contributed by atoms with van der Waals surface area (Å²) in [6.07, 6.45) is 3.60. The normalized spacial score (nSPS) is 21.0. The molecule has 0 radical (unpaired) electrons. The Kier molecular flexibility index (Phi) is 6.37. The molecule has 1 aromatic rings. The Balaban J connectivity index is 1.70. The smallest absolute Gasteiger partial charge is 0.258 e. The molecule has 1 aromatic carbocycles. The van der Waals surface area contributed by atoms with E-state index in [0.717, 1.165) is 38.8 Å². The van der Waals surface area contributed by atoms with E-state index in [2.05, 4.69) is 19.0 Å². The minimum Gasteiger partial charge on any atom is -0.493 e. The van der Waals surface area contributed by atoms with Crippen LogP contribution in [0.2, 0.25) is 0 Å². The molecule has 0 N–H and O–H groups in total. The lowest BCUT2D eigenvalue weighted by Gasteiger charge is -2.37. The quantitative estimate of drug-likeness (QED) is 0.794. The summed E-state index contributed by atoms with van der Waals surface area (Å²) in [5.74, 6) is 0.597. The maximum atomic E-state index is 13.2. The summed E-state index contributed by atoms with van der Waals surface area (Å²) in [4.78, 5) is 32.2. The molecule has 2 aliphatic rings. The molecule has 1 unspecified atom stereocenters. The fourth-order valence-electron chi connectivity index (χ4n) is 4.16. The van der Waals surface area contributed by atoms with Crippen LogP contribution >= 0.6 is 0 Å². The number of likely N-dealkylation sites (tertiary alicyclic amines) is 2. The van der Waals surface area contributed by atoms with E-state index in [4.69, 9.17) is 4.74 Å². The molecule has 2 amide bonds. The zero-order chi connectivity index (χ0) is 19.4. The van der Waals surface area contributed by atoms with Crippen LogP contribution < -0.4 is 4.74 Å². The SMILES string of the molecule is CCOc1ccccc1C(=O)N1CCCC1C(=O)N1CCC(N(C)C)CC1. The second-order valence-electron chi connectivity index (χ2n) is 7.61. The number of hydrogen-bond acceptors (Lipinski definition) is 4. The number of piperidine rings is 1. The molecule has 0 saturated carbocycles. The standard InChI is InChI=1S/C21H31N3O3/c1-4-27-19-10-6-5-8-17(19)20(25)24-13-7-9-18(24)21(26)23-14-11-16(12-15-23)22(2)3/h5-6,8,10,16,18H,4,7,9,11-15H2,1-3H3. The molecule has 2 fully saturated rings. The fourth-order valence-corrected chi connectivity index (χ4v) is 4.16. The van der Waals surface area contributed by atoms with Gasteiger partial charge in [0.1, 0.15) is 11.8 Å². The first kappa shape index (κ1) is 19.7. The summed E-state index contributed by atoms with van der Waals surface area (Å²) in [7, 11) is 4.19. The highest BCUT2D eigenvalue weighted by molar-refractivity contribution is 6.00. The molecule has 1 atom stereocenters. The van der Waals surface area contributed by atoms with Gasteiger partial charge in [0.2, 0.25) is 5.91 Å². The van der Waals surface area contributed by atoms with Crippen LogP contribution in [-0.2, 0) is 4.79 Å². The number of carbonyl (C=O) groups excluding carboxylic acids is 2. The van der Waals surface area contributed by atoms with Crippen LogP contribution in [-0.4, -0.2) is 78.9 Å². The van der Waals surface area contributed by atoms with Gasteiger partial charge in [-0.05, 0) is 58.8 Å². The Morgan fingerprint density at radius 3 is 2.48 bits per heavy atom. The van der Waals surface area contributed by atoms with Crippen molar-refractivity contribution in [3.05, 3.63) is 29.8 Å². The average molecular weight is 373 g/mol. The van der Waals surface area contributed by atoms with E-state index in [-0.39, 0.29) is 17.9 Å². The lowest BCUT2D eigenvalue weighted by molar-refractivity contribution is -0.136. The van der Waals surface area contributed by atoms with Gasteiger partial charge < -0.3 is 19.4 Å². The van der Waals surface area contributed by atoms with Crippen molar-refractivity contribution in [3.8, 4) is 5.75 Å². The van der Waals surface area contributed by atoms with Crippen LogP contribution in [0, 0.1) is 0 Å². The molecule has 0 aromatic heterocycles. The summed E-state index contributed by atoms with van der Waals surface area (Å²) < 4.78 is 5.62. The zero-order valence-electron chi connectivity index (χ0n) is 16.7. The number of amides is 2. The summed E-state index contributed by atoms with van der Waals surface area (Å²) in [5, 5.41) is 0. The third-order valence-electron chi connectivity index (χ3n) is 5.72. The molecule has 6 heteroatoms. The van der Waals surface area contributed by atoms with Crippen LogP contribution in [0.3, 0.4) is 0 Å². The highest BCUT2D eigenvalue weighted by atomic mass is 16.5. The molecule has 0 spiro atoms. The van der Waals surface area contributed by atoms with E-state index in [9.17, 15) is 9.59 Å². The van der Waals surface area contributed by atoms with Gasteiger partial charge in [-0.1, -0.05) is 12.1 Å². The first-order chi connectivity index (χ1) is 13.0. The molecule has 0 bridgehead atoms. The van der Waals surface area contributed by atoms with Crippen molar-refractivity contribution < 1.29 is 14.3 Å². The van der Waals surface area contributed by atoms with Crippen LogP contribution in [0.4, 0.5) is 0 Å². The molecule has 2 aliphatic heterocycles. The molecular formula is C21H31N3O3. The van der Waals surface area contributed by atoms with Gasteiger partial charge in [0.15, 0.2) is 0 Å². The van der Waals surface area contributed by atoms with Crippen molar-refractivity contribution in [2.75, 3.05) is 40.3 Å². The maximum Gasteiger partial charge on any atom is 0.258 e. The van der Waals surface area contributed by atoms with Crippen molar-refractivity contribution >= 4 is 11.8 Å². The summed E-state index contributed by atoms with van der Waals surface area (Å²) in [6, 6.07) is 7.50. The molecule has 0 aliphatic carbocycles. The van der Waals surface area contributed by atoms with Gasteiger partial charge in [-0.3, -0.25) is 9.59 Å². The van der Waals surface area contributed by atoms with Gasteiger partial charge >= 0.3 is 0 Å². The molecule has 3 rings (SSSR count). The third-order valence-corrected chi connectivity index (χ3v) is 5.72. The predicted molar refractivity (Wildman–Crippen MR) is 105 cm³/mol. The van der Waals surface area contributed by atoms with E-state index in [1.54, 1.807) is 11.0 Å². The Labute approximate surface area is 162 Å². The van der Waals surface area contributed by atoms with Crippen molar-refractivity contribution in [3.63, 3.8) is 0 Å². The number of nitrogens with zero attached hydrogens (tertiary/aromatic N) is 3. The summed E-state index contributed by atoms with van der Waals surface area (Å²) in [6.45, 7) is 4.59. The largest absolute Gasteiger partial charge is 0.493 e. The van der Waals surface area contributed by atoms with E-state index in [0.29, 0.717) is 30.5 Å². The van der Waals surface area contributed by atoms with E-state index >= 15 is 0 Å². The van der Waals surface area contributed by atoms with Crippen molar-refractivity contribution in [1.82, 2.24) is 14.7 Å². The number of ether oxygens (including phenoxy) is 1. The van der Waals surface area contributed by atoms with Crippen LogP contribution in [0.25, 0.3) is 0 Å². The first-order valence-electron chi connectivity index (χ1n) is 10.0. The second kappa shape index (κ2) is 8.74. The summed E-state index contributed by atoms with van der Waals surface area (Å²) in [5.41, 5.74) is 0.547. The van der Waals surface area contributed by atoms with Crippen molar-refractivity contribution in [2.45, 2.75) is 44.7 Å². The average Bonchev–Trinajstić information content (AvgIpc) is 3.17. The Morgan fingerprint density at radius 1 is 1.11 bits per heavy atom. The number of hydrogen-bond donors (Lipinski definition) is 0. The lowest BCUT2D eigenvalue weighted by atomic mass is 10.0. The van der Waals surface area contributed by atoms with Gasteiger partial charge in [-0.15, -0.1) is 0 Å². The van der Waals surface area contributed by atoms with Gasteiger partial charge in [0.25, 0.3) is 5.91 Å². The first-order valence-corrected chi connectivity index (χ1v) is 10.0. The van der Waals surface area contributed by atoms with Crippen molar-refractivity contribution in [2.24, 2.45) is 0 Å². The molecule has 27 heavy (non-hydrogen) atoms. The molecular weight excluding hydrogens is 342 g/mol. The molecule has 2 heterocycles. The van der Waals surface area contributed by atoms with Gasteiger partial charge in [0.05, 0.1) is 12.2 Å². The fraction of sp³-hybridized carbons (Fsp3) is 0.619. The number of carbonyl (C=O) groups is 2. The number of benzene rings is 1. The van der Waals surface area contributed by atoms with Gasteiger partial charge in [0, 0.05) is 25.7 Å². The topological polar surface area (TPSA) is 53.1 Å². The lowest BCUT2D eigenvalue weighted by Crippen LogP contribution is -2.51. The Hall–Kier alpha value is -2.08.